The molecule has 0 saturated carbocycles. The van der Waals surface area contributed by atoms with Crippen molar-refractivity contribution in [2.24, 2.45) is 4.40 Å². The number of hydrogen-bond acceptors (Lipinski definition) is 5. The Bertz CT molecular complexity index is 1090. The Morgan fingerprint density at radius 3 is 2.50 bits per heavy atom. The molecular formula is C20H18FN3O4S2. The van der Waals surface area contributed by atoms with Crippen LogP contribution in [-0.2, 0) is 19.6 Å². The Balaban J connectivity index is 1.80. The van der Waals surface area contributed by atoms with Crippen LogP contribution in [-0.4, -0.2) is 42.1 Å². The van der Waals surface area contributed by atoms with Crippen LogP contribution in [0.2, 0.25) is 0 Å². The highest BCUT2D eigenvalue weighted by atomic mass is 32.2. The van der Waals surface area contributed by atoms with Crippen LogP contribution < -0.4 is 5.32 Å². The summed E-state index contributed by atoms with van der Waals surface area (Å²) in [6.07, 6.45) is 1.28. The van der Waals surface area contributed by atoms with Crippen molar-refractivity contribution in [3.8, 4) is 0 Å². The molecule has 0 bridgehead atoms. The zero-order chi connectivity index (χ0) is 21.7. The maximum atomic E-state index is 13.1. The highest BCUT2D eigenvalue weighted by Crippen LogP contribution is 2.31. The van der Waals surface area contributed by atoms with Gasteiger partial charge in [-0.2, -0.15) is 8.42 Å². The van der Waals surface area contributed by atoms with E-state index in [2.05, 4.69) is 16.3 Å². The van der Waals surface area contributed by atoms with Crippen molar-refractivity contribution in [2.45, 2.75) is 16.6 Å². The Morgan fingerprint density at radius 2 is 1.87 bits per heavy atom. The molecule has 1 heterocycles. The molecule has 156 valence electrons. The summed E-state index contributed by atoms with van der Waals surface area (Å²) in [4.78, 5) is 26.0. The van der Waals surface area contributed by atoms with E-state index in [9.17, 15) is 22.4 Å². The van der Waals surface area contributed by atoms with Gasteiger partial charge >= 0.3 is 0 Å². The Hall–Kier alpha value is -2.98. The lowest BCUT2D eigenvalue weighted by atomic mass is 10.2. The second kappa shape index (κ2) is 9.23. The molecule has 1 fully saturated rings. The number of amidine groups is 1. The number of sulfonamides is 1. The van der Waals surface area contributed by atoms with Crippen LogP contribution >= 0.6 is 11.8 Å². The summed E-state index contributed by atoms with van der Waals surface area (Å²) in [5.41, 5.74) is 0.591. The molecule has 0 aromatic heterocycles. The predicted molar refractivity (Wildman–Crippen MR) is 114 cm³/mol. The van der Waals surface area contributed by atoms with E-state index < -0.39 is 27.0 Å². The fourth-order valence-corrected chi connectivity index (χ4v) is 5.04. The number of nitrogens with zero attached hydrogens (tertiary/aromatic N) is 2. The molecule has 1 saturated heterocycles. The van der Waals surface area contributed by atoms with E-state index in [1.54, 1.807) is 24.3 Å². The maximum Gasteiger partial charge on any atom is 0.284 e. The van der Waals surface area contributed by atoms with Gasteiger partial charge in [-0.05, 0) is 36.4 Å². The van der Waals surface area contributed by atoms with Crippen LogP contribution in [0, 0.1) is 5.82 Å². The van der Waals surface area contributed by atoms with Gasteiger partial charge in [0.15, 0.2) is 5.17 Å². The van der Waals surface area contributed by atoms with Crippen molar-refractivity contribution in [3.05, 3.63) is 73.1 Å². The molecule has 30 heavy (non-hydrogen) atoms. The number of hydrogen-bond donors (Lipinski definition) is 1. The first-order chi connectivity index (χ1) is 14.3. The number of rotatable bonds is 7. The lowest BCUT2D eigenvalue weighted by Crippen LogP contribution is -2.33. The van der Waals surface area contributed by atoms with Gasteiger partial charge in [-0.25, -0.2) is 4.39 Å². The molecule has 2 aromatic rings. The van der Waals surface area contributed by atoms with Crippen molar-refractivity contribution in [3.63, 3.8) is 0 Å². The van der Waals surface area contributed by atoms with Crippen molar-refractivity contribution >= 4 is 44.5 Å². The maximum absolute atomic E-state index is 13.1. The molecule has 1 unspecified atom stereocenters. The SMILES string of the molecule is C=CCN1C(=O)C(CC(=O)Nc2ccccc2)SC1=NS(=O)(=O)c1ccc(F)cc1. The molecule has 1 N–H and O–H groups in total. The molecular weight excluding hydrogens is 429 g/mol. The molecule has 2 aromatic carbocycles. The Kier molecular flexibility index (Phi) is 6.68. The normalized spacial score (nSPS) is 17.9. The number of halogens is 1. The smallest absolute Gasteiger partial charge is 0.284 e. The molecule has 0 radical (unpaired) electrons. The zero-order valence-corrected chi connectivity index (χ0v) is 17.3. The highest BCUT2D eigenvalue weighted by molar-refractivity contribution is 8.16. The lowest BCUT2D eigenvalue weighted by molar-refractivity contribution is -0.127. The third-order valence-electron chi connectivity index (χ3n) is 4.07. The summed E-state index contributed by atoms with van der Waals surface area (Å²) in [7, 11) is -4.16. The van der Waals surface area contributed by atoms with Crippen molar-refractivity contribution in [1.82, 2.24) is 4.90 Å². The van der Waals surface area contributed by atoms with Gasteiger partial charge in [-0.3, -0.25) is 14.5 Å². The van der Waals surface area contributed by atoms with Crippen molar-refractivity contribution < 1.29 is 22.4 Å². The van der Waals surface area contributed by atoms with E-state index in [1.807, 2.05) is 6.07 Å². The van der Waals surface area contributed by atoms with Crippen molar-refractivity contribution in [2.75, 3.05) is 11.9 Å². The number of thioether (sulfide) groups is 1. The monoisotopic (exact) mass is 447 g/mol. The topological polar surface area (TPSA) is 95.9 Å². The summed E-state index contributed by atoms with van der Waals surface area (Å²) in [5.74, 6) is -1.39. The van der Waals surface area contributed by atoms with Gasteiger partial charge in [0.25, 0.3) is 10.0 Å². The van der Waals surface area contributed by atoms with E-state index in [0.29, 0.717) is 5.69 Å². The van der Waals surface area contributed by atoms with Gasteiger partial charge in [0, 0.05) is 18.7 Å². The fraction of sp³-hybridized carbons (Fsp3) is 0.150. The van der Waals surface area contributed by atoms with Gasteiger partial charge in [-0.15, -0.1) is 11.0 Å². The van der Waals surface area contributed by atoms with Crippen LogP contribution in [0.4, 0.5) is 10.1 Å². The Morgan fingerprint density at radius 1 is 1.20 bits per heavy atom. The number of benzene rings is 2. The first-order valence-electron chi connectivity index (χ1n) is 8.84. The number of nitrogens with one attached hydrogen (secondary N) is 1. The summed E-state index contributed by atoms with van der Waals surface area (Å²) in [6, 6.07) is 13.0. The number of anilines is 1. The van der Waals surface area contributed by atoms with E-state index in [-0.39, 0.29) is 28.9 Å². The van der Waals surface area contributed by atoms with E-state index in [0.717, 1.165) is 36.0 Å². The Labute approximate surface area is 177 Å². The minimum atomic E-state index is -4.16. The van der Waals surface area contributed by atoms with Gasteiger partial charge in [0.1, 0.15) is 11.1 Å². The highest BCUT2D eigenvalue weighted by Gasteiger charge is 2.39. The first kappa shape index (κ1) is 21.7. The number of para-hydroxylation sites is 1. The predicted octanol–water partition coefficient (Wildman–Crippen LogP) is 3.03. The molecule has 7 nitrogen and oxygen atoms in total. The number of amides is 2. The molecule has 1 aliphatic heterocycles. The summed E-state index contributed by atoms with van der Waals surface area (Å²) < 4.78 is 42.0. The average Bonchev–Trinajstić information content (AvgIpc) is 2.97. The van der Waals surface area contributed by atoms with Crippen LogP contribution in [0.1, 0.15) is 6.42 Å². The first-order valence-corrected chi connectivity index (χ1v) is 11.2. The largest absolute Gasteiger partial charge is 0.326 e. The molecule has 3 rings (SSSR count). The summed E-state index contributed by atoms with van der Waals surface area (Å²) in [5, 5.41) is 1.82. The quantitative estimate of drug-likeness (QED) is 0.659. The van der Waals surface area contributed by atoms with E-state index in [1.165, 1.54) is 11.0 Å². The second-order valence-electron chi connectivity index (χ2n) is 6.27. The summed E-state index contributed by atoms with van der Waals surface area (Å²) in [6.45, 7) is 3.61. The van der Waals surface area contributed by atoms with E-state index in [4.69, 9.17) is 0 Å². The van der Waals surface area contributed by atoms with Gasteiger partial charge in [-0.1, -0.05) is 36.0 Å². The van der Waals surface area contributed by atoms with E-state index >= 15 is 0 Å². The molecule has 1 aliphatic rings. The van der Waals surface area contributed by atoms with Crippen molar-refractivity contribution in [1.29, 1.82) is 0 Å². The second-order valence-corrected chi connectivity index (χ2v) is 9.04. The molecule has 1 atom stereocenters. The fourth-order valence-electron chi connectivity index (χ4n) is 2.67. The molecule has 0 aliphatic carbocycles. The average molecular weight is 448 g/mol. The number of carbonyl (C=O) groups is 2. The third-order valence-corrected chi connectivity index (χ3v) is 6.64. The lowest BCUT2D eigenvalue weighted by Gasteiger charge is -2.13. The third kappa shape index (κ3) is 5.14. The standard InChI is InChI=1S/C20H18FN3O4S2/c1-2-12-24-19(26)17(13-18(25)22-15-6-4-3-5-7-15)29-20(24)23-30(27,28)16-10-8-14(21)9-11-16/h2-11,17H,1,12-13H2,(H,22,25). The molecule has 10 heteroatoms. The van der Waals surface area contributed by atoms with Gasteiger partial charge in [0.2, 0.25) is 11.8 Å². The van der Waals surface area contributed by atoms with Crippen LogP contribution in [0.15, 0.2) is 76.5 Å². The summed E-state index contributed by atoms with van der Waals surface area (Å²) >= 11 is 0.895. The minimum absolute atomic E-state index is 0.0421. The van der Waals surface area contributed by atoms with Crippen LogP contribution in [0.3, 0.4) is 0 Å². The molecule has 0 spiro atoms. The van der Waals surface area contributed by atoms with Crippen LogP contribution in [0.25, 0.3) is 0 Å². The van der Waals surface area contributed by atoms with Gasteiger partial charge in [0.05, 0.1) is 4.90 Å². The minimum Gasteiger partial charge on any atom is -0.326 e. The number of carbonyl (C=O) groups excluding carboxylic acids is 2. The molecule has 2 amide bonds. The van der Waals surface area contributed by atoms with Gasteiger partial charge < -0.3 is 5.32 Å². The zero-order valence-electron chi connectivity index (χ0n) is 15.7. The van der Waals surface area contributed by atoms with Crippen LogP contribution in [0.5, 0.6) is 0 Å².